The zero-order chi connectivity index (χ0) is 24.4. The number of ether oxygens (including phenoxy) is 1. The number of carbonyl (C=O) groups is 3. The molecule has 4 aliphatic carbocycles. The molecule has 0 radical (unpaired) electrons. The molecule has 1 N–H and O–H groups in total. The quantitative estimate of drug-likeness (QED) is 0.604. The Bertz CT molecular complexity index is 939. The summed E-state index contributed by atoms with van der Waals surface area (Å²) in [5.74, 6) is -1.80. The molecule has 4 aliphatic rings. The van der Waals surface area contributed by atoms with Crippen molar-refractivity contribution in [1.29, 1.82) is 0 Å². The lowest BCUT2D eigenvalue weighted by atomic mass is 9.44. The van der Waals surface area contributed by atoms with E-state index in [9.17, 15) is 19.5 Å². The van der Waals surface area contributed by atoms with Gasteiger partial charge < -0.3 is 9.84 Å². The van der Waals surface area contributed by atoms with Crippen molar-refractivity contribution >= 4 is 17.5 Å². The van der Waals surface area contributed by atoms with Crippen LogP contribution in [0.25, 0.3) is 0 Å². The third kappa shape index (κ3) is 3.01. The number of carbonyl (C=O) groups excluding carboxylic acids is 3. The number of esters is 1. The fourth-order valence-electron chi connectivity index (χ4n) is 8.12. The number of hydrogen-bond acceptors (Lipinski definition) is 5. The molecule has 0 amide bonds. The highest BCUT2D eigenvalue weighted by Crippen LogP contribution is 2.71. The maximum atomic E-state index is 17.2. The monoisotopic (exact) mass is 460 g/mol. The predicted octanol–water partition coefficient (Wildman–Crippen LogP) is 4.66. The van der Waals surface area contributed by atoms with Crippen LogP contribution in [0.2, 0.25) is 0 Å². The van der Waals surface area contributed by atoms with Gasteiger partial charge in [-0.2, -0.15) is 0 Å². The van der Waals surface area contributed by atoms with Gasteiger partial charge in [-0.25, -0.2) is 4.39 Å². The lowest BCUT2D eigenvalue weighted by Crippen LogP contribution is -2.69. The molecule has 0 spiro atoms. The molecular weight excluding hydrogens is 423 g/mol. The summed E-state index contributed by atoms with van der Waals surface area (Å²) in [6, 6.07) is 0. The average molecular weight is 461 g/mol. The molecule has 182 valence electrons. The van der Waals surface area contributed by atoms with E-state index in [1.165, 1.54) is 19.1 Å². The van der Waals surface area contributed by atoms with Crippen LogP contribution >= 0.6 is 0 Å². The van der Waals surface area contributed by atoms with E-state index in [0.29, 0.717) is 25.7 Å². The zero-order valence-electron chi connectivity index (χ0n) is 20.4. The molecule has 0 aliphatic heterocycles. The van der Waals surface area contributed by atoms with E-state index < -0.39 is 40.1 Å². The van der Waals surface area contributed by atoms with Gasteiger partial charge in [0.15, 0.2) is 22.8 Å². The van der Waals surface area contributed by atoms with Crippen LogP contribution in [0.1, 0.15) is 79.6 Å². The minimum absolute atomic E-state index is 0.0281. The molecular formula is C27H37FO5. The summed E-state index contributed by atoms with van der Waals surface area (Å²) in [6.07, 6.45) is 6.59. The van der Waals surface area contributed by atoms with Crippen LogP contribution in [0, 0.1) is 28.6 Å². The maximum Gasteiger partial charge on any atom is 0.306 e. The Balaban J connectivity index is 1.78. The maximum absolute atomic E-state index is 17.2. The molecule has 6 heteroatoms. The number of Topliss-reactive ketones (excluding diaryl/α,β-unsaturated/α-hetero) is 1. The SMILES string of the molecule is CCCCC(=O)O[C@]1(C(C)=O)[C@@H](C)C[C@H]2[C@@H]3CCC4=CC(=O)C=C[C@]4(C)[C@@]3(F)[C@@H](O)C[C@@]21C. The molecule has 0 aromatic rings. The molecule has 3 fully saturated rings. The number of aliphatic hydroxyl groups is 1. The Hall–Kier alpha value is -1.82. The number of hydrogen-bond donors (Lipinski definition) is 1. The number of ketones is 2. The first kappa shape index (κ1) is 24.3. The number of alkyl halides is 1. The number of aliphatic hydroxyl groups excluding tert-OH is 1. The fourth-order valence-corrected chi connectivity index (χ4v) is 8.12. The standard InChI is InChI=1S/C27H37FO5/c1-6-7-8-23(32)33-27(17(3)29)16(2)13-21-20-10-9-18-14-19(30)11-12-24(18,4)26(20,28)22(31)15-25(21,27)5/h11-12,14,16,20-22,31H,6-10,13,15H2,1-5H3/t16-,20-,21-,22-,24-,25-,26-,27-/m0/s1. The van der Waals surface area contributed by atoms with E-state index in [1.54, 1.807) is 13.0 Å². The van der Waals surface area contributed by atoms with Gasteiger partial charge in [0.1, 0.15) is 0 Å². The third-order valence-corrected chi connectivity index (χ3v) is 9.71. The van der Waals surface area contributed by atoms with Crippen molar-refractivity contribution in [2.24, 2.45) is 28.6 Å². The molecule has 3 saturated carbocycles. The largest absolute Gasteiger partial charge is 0.450 e. The fraction of sp³-hybridized carbons (Fsp3) is 0.741. The van der Waals surface area contributed by atoms with Gasteiger partial charge in [0.05, 0.1) is 6.10 Å². The number of rotatable bonds is 5. The number of halogens is 1. The van der Waals surface area contributed by atoms with Gasteiger partial charge in [0.2, 0.25) is 0 Å². The molecule has 8 atom stereocenters. The average Bonchev–Trinajstić information content (AvgIpc) is 2.96. The highest BCUT2D eigenvalue weighted by Gasteiger charge is 2.76. The van der Waals surface area contributed by atoms with Gasteiger partial charge in [0, 0.05) is 29.1 Å². The Kier molecular flexibility index (Phi) is 5.79. The Morgan fingerprint density at radius 1 is 1.27 bits per heavy atom. The van der Waals surface area contributed by atoms with Gasteiger partial charge in [-0.15, -0.1) is 0 Å². The Morgan fingerprint density at radius 3 is 2.61 bits per heavy atom. The van der Waals surface area contributed by atoms with Crippen molar-refractivity contribution in [2.45, 2.75) is 96.9 Å². The van der Waals surface area contributed by atoms with E-state index in [4.69, 9.17) is 4.74 Å². The summed E-state index contributed by atoms with van der Waals surface area (Å²) in [5, 5.41) is 11.4. The van der Waals surface area contributed by atoms with Crippen molar-refractivity contribution in [1.82, 2.24) is 0 Å². The lowest BCUT2D eigenvalue weighted by Gasteiger charge is -2.62. The van der Waals surface area contributed by atoms with Crippen LogP contribution in [-0.2, 0) is 19.1 Å². The van der Waals surface area contributed by atoms with E-state index in [1.807, 2.05) is 20.8 Å². The highest BCUT2D eigenvalue weighted by molar-refractivity contribution is 6.01. The van der Waals surface area contributed by atoms with Crippen molar-refractivity contribution in [3.05, 3.63) is 23.8 Å². The van der Waals surface area contributed by atoms with E-state index in [-0.39, 0.29) is 36.2 Å². The third-order valence-electron chi connectivity index (χ3n) is 9.71. The topological polar surface area (TPSA) is 80.7 Å². The van der Waals surface area contributed by atoms with Gasteiger partial charge in [0.25, 0.3) is 0 Å². The normalized spacial score (nSPS) is 46.2. The van der Waals surface area contributed by atoms with Crippen molar-refractivity contribution in [2.75, 3.05) is 0 Å². The molecule has 0 heterocycles. The summed E-state index contributed by atoms with van der Waals surface area (Å²) in [7, 11) is 0. The molecule has 5 nitrogen and oxygen atoms in total. The summed E-state index contributed by atoms with van der Waals surface area (Å²) in [4.78, 5) is 38.0. The van der Waals surface area contributed by atoms with Crippen LogP contribution in [-0.4, -0.2) is 40.0 Å². The Labute approximate surface area is 195 Å². The van der Waals surface area contributed by atoms with Crippen molar-refractivity contribution in [3.63, 3.8) is 0 Å². The van der Waals surface area contributed by atoms with Crippen LogP contribution in [0.15, 0.2) is 23.8 Å². The zero-order valence-corrected chi connectivity index (χ0v) is 20.4. The molecule has 0 aromatic carbocycles. The second kappa shape index (κ2) is 7.86. The molecule has 33 heavy (non-hydrogen) atoms. The van der Waals surface area contributed by atoms with E-state index in [0.717, 1.165) is 12.0 Å². The minimum atomic E-state index is -1.96. The summed E-state index contributed by atoms with van der Waals surface area (Å²) >= 11 is 0. The highest BCUT2D eigenvalue weighted by atomic mass is 19.1. The van der Waals surface area contributed by atoms with Gasteiger partial charge in [-0.1, -0.05) is 38.8 Å². The summed E-state index contributed by atoms with van der Waals surface area (Å²) < 4.78 is 23.3. The van der Waals surface area contributed by atoms with E-state index in [2.05, 4.69) is 0 Å². The molecule has 0 saturated heterocycles. The lowest BCUT2D eigenvalue weighted by molar-refractivity contribution is -0.227. The van der Waals surface area contributed by atoms with Gasteiger partial charge >= 0.3 is 5.97 Å². The summed E-state index contributed by atoms with van der Waals surface area (Å²) in [6.45, 7) is 9.05. The van der Waals surface area contributed by atoms with Crippen LogP contribution in [0.5, 0.6) is 0 Å². The second-order valence-electron chi connectivity index (χ2n) is 11.3. The van der Waals surface area contributed by atoms with E-state index >= 15 is 4.39 Å². The Morgan fingerprint density at radius 2 is 1.97 bits per heavy atom. The number of allylic oxidation sites excluding steroid dienone is 4. The van der Waals surface area contributed by atoms with Gasteiger partial charge in [-0.3, -0.25) is 14.4 Å². The first-order chi connectivity index (χ1) is 15.4. The first-order valence-electron chi connectivity index (χ1n) is 12.4. The van der Waals surface area contributed by atoms with Gasteiger partial charge in [-0.05, 0) is 64.0 Å². The predicted molar refractivity (Wildman–Crippen MR) is 122 cm³/mol. The smallest absolute Gasteiger partial charge is 0.306 e. The minimum Gasteiger partial charge on any atom is -0.450 e. The van der Waals surface area contributed by atoms with Crippen LogP contribution in [0.3, 0.4) is 0 Å². The second-order valence-corrected chi connectivity index (χ2v) is 11.3. The first-order valence-corrected chi connectivity index (χ1v) is 12.4. The molecule has 0 unspecified atom stereocenters. The summed E-state index contributed by atoms with van der Waals surface area (Å²) in [5.41, 5.74) is -4.55. The molecule has 0 aromatic heterocycles. The van der Waals surface area contributed by atoms with Crippen molar-refractivity contribution in [3.8, 4) is 0 Å². The van der Waals surface area contributed by atoms with Crippen LogP contribution < -0.4 is 0 Å². The number of unbranched alkanes of at least 4 members (excludes halogenated alkanes) is 1. The number of fused-ring (bicyclic) bond motifs is 5. The molecule has 0 bridgehead atoms. The molecule has 4 rings (SSSR count). The van der Waals surface area contributed by atoms with Crippen molar-refractivity contribution < 1.29 is 28.6 Å². The van der Waals surface area contributed by atoms with Crippen LogP contribution in [0.4, 0.5) is 4.39 Å².